The Morgan fingerprint density at radius 2 is 1.72 bits per heavy atom. The van der Waals surface area contributed by atoms with Crippen LogP contribution in [0.3, 0.4) is 0 Å². The molecule has 1 aliphatic heterocycles. The molecule has 3 aromatic heterocycles. The molecule has 1 aliphatic rings. The van der Waals surface area contributed by atoms with E-state index in [2.05, 4.69) is 19.6 Å². The van der Waals surface area contributed by atoms with Crippen LogP contribution in [0.4, 0.5) is 11.8 Å². The van der Waals surface area contributed by atoms with Crippen LogP contribution in [0.15, 0.2) is 53.3 Å². The third-order valence-corrected chi connectivity index (χ3v) is 8.41. The first-order valence-electron chi connectivity index (χ1n) is 15.8. The molecule has 2 N–H and O–H groups in total. The average Bonchev–Trinajstić information content (AvgIpc) is 3.68. The minimum absolute atomic E-state index is 0.120. The topological polar surface area (TPSA) is 147 Å². The zero-order valence-corrected chi connectivity index (χ0v) is 27.2. The van der Waals surface area contributed by atoms with E-state index in [0.717, 1.165) is 42.9 Å². The van der Waals surface area contributed by atoms with Crippen molar-refractivity contribution >= 4 is 28.6 Å². The van der Waals surface area contributed by atoms with Crippen molar-refractivity contribution in [3.05, 3.63) is 65.8 Å². The van der Waals surface area contributed by atoms with Crippen LogP contribution >= 0.6 is 0 Å². The molecule has 0 saturated carbocycles. The van der Waals surface area contributed by atoms with Crippen molar-refractivity contribution in [2.75, 3.05) is 57.6 Å². The Labute approximate surface area is 273 Å². The number of methoxy groups -OCH3 is 2. The molecule has 1 amide bonds. The number of rotatable bonds is 4. The average molecular weight is 641 g/mol. The molecule has 0 aliphatic carbocycles. The number of hydrogen-bond donors (Lipinski definition) is 1. The number of ether oxygens (including phenoxy) is 3. The molecule has 2 bridgehead atoms. The van der Waals surface area contributed by atoms with E-state index in [9.17, 15) is 4.79 Å². The van der Waals surface area contributed by atoms with Gasteiger partial charge in [-0.2, -0.15) is 4.98 Å². The number of aryl methyl sites for hydroxylation is 3. The van der Waals surface area contributed by atoms with Gasteiger partial charge in [-0.05, 0) is 51.3 Å². The number of imidazole rings is 1. The molecule has 0 radical (unpaired) electrons. The lowest BCUT2D eigenvalue weighted by atomic mass is 10.1. The molecule has 0 unspecified atom stereocenters. The van der Waals surface area contributed by atoms with Crippen LogP contribution in [0, 0.1) is 13.8 Å². The number of hydrogen-bond acceptors (Lipinski definition) is 11. The van der Waals surface area contributed by atoms with Crippen LogP contribution in [-0.4, -0.2) is 82.5 Å². The molecule has 5 aromatic rings. The van der Waals surface area contributed by atoms with Gasteiger partial charge in [-0.3, -0.25) is 4.79 Å². The Hall–Kier alpha value is -5.33. The minimum atomic E-state index is -0.120. The van der Waals surface area contributed by atoms with E-state index in [0.29, 0.717) is 84.0 Å². The summed E-state index contributed by atoms with van der Waals surface area (Å²) in [6.07, 6.45) is 6.15. The summed E-state index contributed by atoms with van der Waals surface area (Å²) < 4.78 is 24.6. The number of carbonyl (C=O) groups excluding carboxylic acids is 1. The summed E-state index contributed by atoms with van der Waals surface area (Å²) >= 11 is 0. The number of aromatic nitrogens is 5. The summed E-state index contributed by atoms with van der Waals surface area (Å²) in [4.78, 5) is 32.0. The molecule has 6 rings (SSSR count). The Balaban J connectivity index is 1.31. The number of amides is 1. The number of nitrogens with zero attached hydrogens (tertiary/aromatic N) is 7. The Morgan fingerprint density at radius 3 is 2.51 bits per heavy atom. The van der Waals surface area contributed by atoms with Gasteiger partial charge in [0.1, 0.15) is 35.3 Å². The molecule has 4 heterocycles. The van der Waals surface area contributed by atoms with Crippen LogP contribution in [-0.2, 0) is 6.54 Å². The highest BCUT2D eigenvalue weighted by Gasteiger charge is 2.24. The van der Waals surface area contributed by atoms with Crippen molar-refractivity contribution in [3.8, 4) is 28.6 Å². The Kier molecular flexibility index (Phi) is 9.41. The standard InChI is InChI=1S/C34H40N8O5/c1-22-30(23(2)47-39-22)33(43)41-12-5-6-13-42(34-37-27-21-29(45-4)28(44-3)20-26(27)31(35)38-34)15-8-14-40-16-11-36-32(40)24-9-7-10-25(19-24)46-18-17-41/h7,9-11,16,19-21H,5-6,8,12-15,17-18H2,1-4H3,(H2,35,37,38). The van der Waals surface area contributed by atoms with Crippen LogP contribution in [0.1, 0.15) is 41.1 Å². The zero-order valence-electron chi connectivity index (χ0n) is 27.2. The number of nitrogens with two attached hydrogens (primary N) is 1. The lowest BCUT2D eigenvalue weighted by molar-refractivity contribution is 0.0724. The first kappa shape index (κ1) is 31.6. The molecule has 0 saturated heterocycles. The van der Waals surface area contributed by atoms with Gasteiger partial charge in [-0.1, -0.05) is 17.3 Å². The first-order valence-corrected chi connectivity index (χ1v) is 15.8. The van der Waals surface area contributed by atoms with Crippen molar-refractivity contribution in [2.45, 2.75) is 39.7 Å². The van der Waals surface area contributed by atoms with Crippen molar-refractivity contribution in [3.63, 3.8) is 0 Å². The minimum Gasteiger partial charge on any atom is -0.493 e. The lowest BCUT2D eigenvalue weighted by Gasteiger charge is -2.25. The first-order chi connectivity index (χ1) is 22.9. The van der Waals surface area contributed by atoms with Gasteiger partial charge >= 0.3 is 0 Å². The largest absolute Gasteiger partial charge is 0.493 e. The third kappa shape index (κ3) is 6.79. The second-order valence-corrected chi connectivity index (χ2v) is 11.5. The van der Waals surface area contributed by atoms with Crippen LogP contribution < -0.4 is 24.8 Å². The fraction of sp³-hybridized carbons (Fsp3) is 0.382. The fourth-order valence-electron chi connectivity index (χ4n) is 5.97. The predicted octanol–water partition coefficient (Wildman–Crippen LogP) is 4.91. The number of benzene rings is 2. The number of fused-ring (bicyclic) bond motifs is 5. The van der Waals surface area contributed by atoms with E-state index >= 15 is 0 Å². The van der Waals surface area contributed by atoms with E-state index in [1.165, 1.54) is 0 Å². The number of anilines is 2. The highest BCUT2D eigenvalue weighted by Crippen LogP contribution is 2.34. The molecule has 13 nitrogen and oxygen atoms in total. The van der Waals surface area contributed by atoms with Gasteiger partial charge in [0.25, 0.3) is 5.91 Å². The Bertz CT molecular complexity index is 1850. The molecule has 0 spiro atoms. The Morgan fingerprint density at radius 1 is 0.936 bits per heavy atom. The summed E-state index contributed by atoms with van der Waals surface area (Å²) in [5.41, 5.74) is 9.17. The van der Waals surface area contributed by atoms with Crippen molar-refractivity contribution < 1.29 is 23.5 Å². The molecule has 0 fully saturated rings. The van der Waals surface area contributed by atoms with E-state index in [1.807, 2.05) is 47.6 Å². The normalized spacial score (nSPS) is 14.7. The summed E-state index contributed by atoms with van der Waals surface area (Å²) in [6, 6.07) is 11.5. The molecule has 0 atom stereocenters. The van der Waals surface area contributed by atoms with E-state index in [-0.39, 0.29) is 5.91 Å². The maximum Gasteiger partial charge on any atom is 0.259 e. The van der Waals surface area contributed by atoms with Crippen LogP contribution in [0.2, 0.25) is 0 Å². The lowest BCUT2D eigenvalue weighted by Crippen LogP contribution is -2.36. The summed E-state index contributed by atoms with van der Waals surface area (Å²) in [5.74, 6) is 3.99. The molecule has 246 valence electrons. The van der Waals surface area contributed by atoms with Crippen molar-refractivity contribution in [1.82, 2.24) is 29.6 Å². The van der Waals surface area contributed by atoms with Gasteiger partial charge in [-0.25, -0.2) is 9.97 Å². The van der Waals surface area contributed by atoms with Gasteiger partial charge in [-0.15, -0.1) is 0 Å². The van der Waals surface area contributed by atoms with Gasteiger partial charge in [0, 0.05) is 55.6 Å². The third-order valence-electron chi connectivity index (χ3n) is 8.41. The zero-order chi connectivity index (χ0) is 32.9. The van der Waals surface area contributed by atoms with Crippen LogP contribution in [0.25, 0.3) is 22.3 Å². The molecular weight excluding hydrogens is 600 g/mol. The van der Waals surface area contributed by atoms with E-state index in [1.54, 1.807) is 34.1 Å². The maximum absolute atomic E-state index is 13.7. The summed E-state index contributed by atoms with van der Waals surface area (Å²) in [5, 5.41) is 4.69. The van der Waals surface area contributed by atoms with Gasteiger partial charge < -0.3 is 38.8 Å². The van der Waals surface area contributed by atoms with Crippen molar-refractivity contribution in [1.29, 1.82) is 0 Å². The summed E-state index contributed by atoms with van der Waals surface area (Å²) in [7, 11) is 3.18. The highest BCUT2D eigenvalue weighted by molar-refractivity contribution is 5.96. The second kappa shape index (κ2) is 14.0. The monoisotopic (exact) mass is 640 g/mol. The highest BCUT2D eigenvalue weighted by atomic mass is 16.5. The fourth-order valence-corrected chi connectivity index (χ4v) is 5.97. The SMILES string of the molecule is COc1cc2nc(N3CCCCN(C(=O)c4c(C)noc4C)CCOc4cccc(c4)-c4nccn4CCC3)nc(N)c2cc1OC. The van der Waals surface area contributed by atoms with Crippen LogP contribution in [0.5, 0.6) is 17.2 Å². The predicted molar refractivity (Wildman–Crippen MR) is 178 cm³/mol. The number of carbonyl (C=O) groups is 1. The molecule has 2 aromatic carbocycles. The van der Waals surface area contributed by atoms with E-state index in [4.69, 9.17) is 34.4 Å². The second-order valence-electron chi connectivity index (χ2n) is 11.5. The van der Waals surface area contributed by atoms with E-state index < -0.39 is 0 Å². The maximum atomic E-state index is 13.7. The van der Waals surface area contributed by atoms with Crippen molar-refractivity contribution in [2.24, 2.45) is 0 Å². The smallest absolute Gasteiger partial charge is 0.259 e. The van der Waals surface area contributed by atoms with Gasteiger partial charge in [0.15, 0.2) is 11.5 Å². The summed E-state index contributed by atoms with van der Waals surface area (Å²) in [6.45, 7) is 6.91. The molecular formula is C34H40N8O5. The number of nitrogen functional groups attached to an aromatic ring is 1. The molecule has 47 heavy (non-hydrogen) atoms. The van der Waals surface area contributed by atoms with Gasteiger partial charge in [0.05, 0.1) is 32.0 Å². The quantitative estimate of drug-likeness (QED) is 0.286. The molecule has 13 heteroatoms. The van der Waals surface area contributed by atoms with Gasteiger partial charge in [0.2, 0.25) is 5.95 Å².